The number of aliphatic carboxylic acids is 1. The molecular weight excluding hydrogens is 261 g/mol. The van der Waals surface area contributed by atoms with Gasteiger partial charge in [-0.3, -0.25) is 9.59 Å². The van der Waals surface area contributed by atoms with Crippen LogP contribution in [0.5, 0.6) is 0 Å². The number of benzene rings is 1. The van der Waals surface area contributed by atoms with Crippen LogP contribution >= 0.6 is 0 Å². The summed E-state index contributed by atoms with van der Waals surface area (Å²) < 4.78 is 13.0. The molecule has 1 amide bonds. The molecule has 1 saturated carbocycles. The van der Waals surface area contributed by atoms with E-state index in [2.05, 4.69) is 5.32 Å². The van der Waals surface area contributed by atoms with Crippen LogP contribution in [0, 0.1) is 11.7 Å². The van der Waals surface area contributed by atoms with Gasteiger partial charge in [-0.25, -0.2) is 4.39 Å². The zero-order valence-corrected chi connectivity index (χ0v) is 10.9. The zero-order valence-electron chi connectivity index (χ0n) is 10.9. The molecule has 0 aliphatic heterocycles. The van der Waals surface area contributed by atoms with Gasteiger partial charge in [0.05, 0.1) is 5.92 Å². The number of halogens is 1. The number of carbonyl (C=O) groups excluding carboxylic acids is 1. The lowest BCUT2D eigenvalue weighted by Crippen LogP contribution is -2.39. The maximum atomic E-state index is 13.0. The number of amides is 1. The highest BCUT2D eigenvalue weighted by molar-refractivity contribution is 5.92. The first-order chi connectivity index (χ1) is 9.56. The van der Waals surface area contributed by atoms with Crippen LogP contribution in [0.3, 0.4) is 0 Å². The van der Waals surface area contributed by atoms with Gasteiger partial charge in [0.25, 0.3) is 0 Å². The van der Waals surface area contributed by atoms with Crippen LogP contribution < -0.4 is 5.32 Å². The van der Waals surface area contributed by atoms with E-state index in [-0.39, 0.29) is 17.8 Å². The first-order valence-electron chi connectivity index (χ1n) is 6.53. The molecule has 106 valence electrons. The summed E-state index contributed by atoms with van der Waals surface area (Å²) >= 11 is 0. The third-order valence-corrected chi connectivity index (χ3v) is 3.44. The van der Waals surface area contributed by atoms with Crippen molar-refractivity contribution in [1.82, 2.24) is 5.32 Å². The topological polar surface area (TPSA) is 66.4 Å². The lowest BCUT2D eigenvalue weighted by atomic mass is 10.0. The third-order valence-electron chi connectivity index (χ3n) is 3.44. The minimum atomic E-state index is -0.873. The predicted molar refractivity (Wildman–Crippen MR) is 72.3 cm³/mol. The molecule has 1 aromatic carbocycles. The third kappa shape index (κ3) is 3.66. The number of hydrogen-bond donors (Lipinski definition) is 2. The molecule has 2 unspecified atom stereocenters. The summed E-state index contributed by atoms with van der Waals surface area (Å²) in [7, 11) is 0. The van der Waals surface area contributed by atoms with E-state index in [0.717, 1.165) is 6.42 Å². The van der Waals surface area contributed by atoms with Crippen LogP contribution in [0.15, 0.2) is 30.3 Å². The smallest absolute Gasteiger partial charge is 0.308 e. The maximum Gasteiger partial charge on any atom is 0.308 e. The van der Waals surface area contributed by atoms with Crippen molar-refractivity contribution < 1.29 is 19.1 Å². The van der Waals surface area contributed by atoms with Gasteiger partial charge in [0.15, 0.2) is 0 Å². The van der Waals surface area contributed by atoms with Crippen LogP contribution in [0.1, 0.15) is 24.8 Å². The van der Waals surface area contributed by atoms with E-state index in [4.69, 9.17) is 5.11 Å². The summed E-state index contributed by atoms with van der Waals surface area (Å²) in [6.45, 7) is 0. The van der Waals surface area contributed by atoms with Crippen LogP contribution in [0.4, 0.5) is 4.39 Å². The second-order valence-electron chi connectivity index (χ2n) is 4.88. The van der Waals surface area contributed by atoms with Crippen molar-refractivity contribution in [2.24, 2.45) is 5.92 Å². The molecule has 2 N–H and O–H groups in total. The summed E-state index contributed by atoms with van der Waals surface area (Å²) in [5, 5.41) is 11.7. The highest BCUT2D eigenvalue weighted by Gasteiger charge is 2.33. The van der Waals surface area contributed by atoms with Crippen LogP contribution in [0.25, 0.3) is 6.08 Å². The summed E-state index contributed by atoms with van der Waals surface area (Å²) in [6.07, 6.45) is 4.87. The fourth-order valence-corrected chi connectivity index (χ4v) is 2.44. The molecular formula is C15H16FNO3. The first-order valence-corrected chi connectivity index (χ1v) is 6.53. The quantitative estimate of drug-likeness (QED) is 0.829. The summed E-state index contributed by atoms with van der Waals surface area (Å²) in [6, 6.07) is 5.57. The van der Waals surface area contributed by atoms with Gasteiger partial charge in [-0.15, -0.1) is 0 Å². The second kappa shape index (κ2) is 6.32. The van der Waals surface area contributed by atoms with Gasteiger partial charge in [-0.1, -0.05) is 18.6 Å². The number of carboxylic acids is 1. The Morgan fingerprint density at radius 2 is 2.15 bits per heavy atom. The molecule has 0 saturated heterocycles. The van der Waals surface area contributed by atoms with Crippen molar-refractivity contribution >= 4 is 18.0 Å². The van der Waals surface area contributed by atoms with Gasteiger partial charge >= 0.3 is 5.97 Å². The van der Waals surface area contributed by atoms with Crippen LogP contribution in [-0.4, -0.2) is 23.0 Å². The lowest BCUT2D eigenvalue weighted by molar-refractivity contribution is -0.142. The molecule has 0 aromatic heterocycles. The molecule has 0 spiro atoms. The Labute approximate surface area is 116 Å². The van der Waals surface area contributed by atoms with Crippen LogP contribution in [0.2, 0.25) is 0 Å². The van der Waals surface area contributed by atoms with E-state index in [1.165, 1.54) is 24.3 Å². The summed E-state index contributed by atoms with van der Waals surface area (Å²) in [4.78, 5) is 22.7. The highest BCUT2D eigenvalue weighted by Crippen LogP contribution is 2.25. The van der Waals surface area contributed by atoms with E-state index >= 15 is 0 Å². The molecule has 0 bridgehead atoms. The lowest BCUT2D eigenvalue weighted by Gasteiger charge is -2.16. The van der Waals surface area contributed by atoms with Crippen molar-refractivity contribution in [3.8, 4) is 0 Å². The first kappa shape index (κ1) is 14.2. The predicted octanol–water partition coefficient (Wildman–Crippen LogP) is 2.21. The average molecular weight is 277 g/mol. The molecule has 1 fully saturated rings. The minimum absolute atomic E-state index is 0.322. The molecule has 2 rings (SSSR count). The van der Waals surface area contributed by atoms with E-state index in [1.54, 1.807) is 12.1 Å². The fourth-order valence-electron chi connectivity index (χ4n) is 2.44. The molecule has 1 aliphatic carbocycles. The molecule has 5 heteroatoms. The zero-order chi connectivity index (χ0) is 14.5. The van der Waals surface area contributed by atoms with Crippen molar-refractivity contribution in [3.05, 3.63) is 41.7 Å². The fraction of sp³-hybridized carbons (Fsp3) is 0.333. The van der Waals surface area contributed by atoms with Gasteiger partial charge in [0.2, 0.25) is 5.91 Å². The molecule has 0 radical (unpaired) electrons. The maximum absolute atomic E-state index is 13.0. The Balaban J connectivity index is 1.94. The number of carbonyl (C=O) groups is 2. The van der Waals surface area contributed by atoms with Gasteiger partial charge in [-0.05, 0) is 36.6 Å². The Morgan fingerprint density at radius 3 is 2.85 bits per heavy atom. The van der Waals surface area contributed by atoms with Crippen molar-refractivity contribution in [2.45, 2.75) is 25.3 Å². The van der Waals surface area contributed by atoms with E-state index in [0.29, 0.717) is 18.4 Å². The largest absolute Gasteiger partial charge is 0.481 e. The number of hydrogen-bond acceptors (Lipinski definition) is 2. The molecule has 0 heterocycles. The Morgan fingerprint density at radius 1 is 1.35 bits per heavy atom. The highest BCUT2D eigenvalue weighted by atomic mass is 19.1. The molecule has 1 aliphatic rings. The Hall–Kier alpha value is -2.17. The molecule has 20 heavy (non-hydrogen) atoms. The van der Waals surface area contributed by atoms with Crippen molar-refractivity contribution in [2.75, 3.05) is 0 Å². The van der Waals surface area contributed by atoms with E-state index in [1.807, 2.05) is 0 Å². The molecule has 4 nitrogen and oxygen atoms in total. The minimum Gasteiger partial charge on any atom is -0.481 e. The van der Waals surface area contributed by atoms with Crippen molar-refractivity contribution in [3.63, 3.8) is 0 Å². The van der Waals surface area contributed by atoms with E-state index in [9.17, 15) is 14.0 Å². The van der Waals surface area contributed by atoms with Gasteiger partial charge < -0.3 is 10.4 Å². The van der Waals surface area contributed by atoms with Gasteiger partial charge in [0, 0.05) is 12.1 Å². The summed E-state index contributed by atoms with van der Waals surface area (Å²) in [5.74, 6) is -2.11. The number of nitrogens with one attached hydrogen (secondary N) is 1. The average Bonchev–Trinajstić information content (AvgIpc) is 2.85. The second-order valence-corrected chi connectivity index (χ2v) is 4.88. The molecule has 2 atom stereocenters. The monoisotopic (exact) mass is 277 g/mol. The van der Waals surface area contributed by atoms with Gasteiger partial charge in [0.1, 0.15) is 5.82 Å². The molecule has 1 aromatic rings. The Kier molecular flexibility index (Phi) is 4.50. The normalized spacial score (nSPS) is 22.1. The SMILES string of the molecule is O=C(C=Cc1cccc(F)c1)NC1CCCC1C(=O)O. The number of carboxylic acid groups (broad SMARTS) is 1. The summed E-state index contributed by atoms with van der Waals surface area (Å²) in [5.41, 5.74) is 0.585. The Bertz CT molecular complexity index is 542. The van der Waals surface area contributed by atoms with Crippen LogP contribution in [-0.2, 0) is 9.59 Å². The van der Waals surface area contributed by atoms with Crippen molar-refractivity contribution in [1.29, 1.82) is 0 Å². The van der Waals surface area contributed by atoms with E-state index < -0.39 is 11.9 Å². The van der Waals surface area contributed by atoms with Gasteiger partial charge in [-0.2, -0.15) is 0 Å². The standard InChI is InChI=1S/C15H16FNO3/c16-11-4-1-3-10(9-11)7-8-14(18)17-13-6-2-5-12(13)15(19)20/h1,3-4,7-9,12-13H,2,5-6H2,(H,17,18)(H,19,20). The number of rotatable bonds is 4.